The summed E-state index contributed by atoms with van der Waals surface area (Å²) in [6.07, 6.45) is 1.56. The lowest BCUT2D eigenvalue weighted by Crippen LogP contribution is -2.02. The van der Waals surface area contributed by atoms with Gasteiger partial charge >= 0.3 is 0 Å². The summed E-state index contributed by atoms with van der Waals surface area (Å²) >= 11 is 2.75. The average Bonchev–Trinajstić information content (AvgIpc) is 2.48. The highest BCUT2D eigenvalue weighted by atomic mass is 27.0. The van der Waals surface area contributed by atoms with E-state index in [0.29, 0.717) is 0 Å². The molecule has 0 aromatic heterocycles. The fourth-order valence-corrected chi connectivity index (χ4v) is 2.74. The highest BCUT2D eigenvalue weighted by molar-refractivity contribution is 6.45. The van der Waals surface area contributed by atoms with E-state index >= 15 is 0 Å². The van der Waals surface area contributed by atoms with Crippen molar-refractivity contribution in [1.82, 2.24) is 0 Å². The van der Waals surface area contributed by atoms with E-state index in [0.717, 1.165) is 26.7 Å². The summed E-state index contributed by atoms with van der Waals surface area (Å²) in [5.74, 6) is 0. The third kappa shape index (κ3) is 1.75. The highest BCUT2D eigenvalue weighted by Crippen LogP contribution is 2.34. The van der Waals surface area contributed by atoms with E-state index in [-0.39, 0.29) is 0 Å². The van der Waals surface area contributed by atoms with Gasteiger partial charge in [0, 0.05) is 0 Å². The molecule has 80 valence electrons. The number of benzene rings is 2. The lowest BCUT2D eigenvalue weighted by molar-refractivity contribution is 0.220. The standard InChI is InChI=1S/C15H11O.Al/c16-15-13-7-3-1-5-11(13)9-10-12-6-2-4-8-14(12)15;/h1-9,15-16H;. The van der Waals surface area contributed by atoms with Crippen molar-refractivity contribution in [1.29, 1.82) is 0 Å². The number of aliphatic hydroxyl groups is 1. The predicted molar refractivity (Wildman–Crippen MR) is 70.6 cm³/mol. The van der Waals surface area contributed by atoms with Gasteiger partial charge in [-0.15, -0.1) is 4.44 Å². The third-order valence-electron chi connectivity index (χ3n) is 3.17. The van der Waals surface area contributed by atoms with Crippen LogP contribution in [0.25, 0.3) is 10.5 Å². The van der Waals surface area contributed by atoms with Crippen molar-refractivity contribution in [3.8, 4) is 0 Å². The summed E-state index contributed by atoms with van der Waals surface area (Å²) in [5.41, 5.74) is 4.12. The monoisotopic (exact) mass is 234 g/mol. The number of hydrogen-bond acceptors (Lipinski definition) is 1. The second-order valence-corrected chi connectivity index (χ2v) is 4.84. The van der Waals surface area contributed by atoms with Crippen LogP contribution in [0, 0.1) is 0 Å². The fraction of sp³-hybridized carbons (Fsp3) is 0.0667. The van der Waals surface area contributed by atoms with Crippen LogP contribution < -0.4 is 0 Å². The van der Waals surface area contributed by atoms with Crippen molar-refractivity contribution in [2.75, 3.05) is 0 Å². The van der Waals surface area contributed by atoms with Crippen LogP contribution in [-0.2, 0) is 0 Å². The van der Waals surface area contributed by atoms with E-state index in [4.69, 9.17) is 0 Å². The Kier molecular flexibility index (Phi) is 2.64. The van der Waals surface area contributed by atoms with Gasteiger partial charge in [0.1, 0.15) is 6.10 Å². The van der Waals surface area contributed by atoms with Gasteiger partial charge in [-0.25, -0.2) is 0 Å². The van der Waals surface area contributed by atoms with E-state index < -0.39 is 6.10 Å². The first-order chi connectivity index (χ1) is 8.27. The maximum Gasteiger partial charge on any atom is 0.176 e. The van der Waals surface area contributed by atoms with Gasteiger partial charge in [0.05, 0.1) is 0 Å². The molecule has 1 nitrogen and oxygen atoms in total. The summed E-state index contributed by atoms with van der Waals surface area (Å²) in [5, 5.41) is 10.5. The zero-order chi connectivity index (χ0) is 11.8. The maximum atomic E-state index is 10.5. The maximum absolute atomic E-state index is 10.5. The molecule has 0 fully saturated rings. The fourth-order valence-electron chi connectivity index (χ4n) is 2.30. The lowest BCUT2D eigenvalue weighted by atomic mass is 9.97. The number of rotatable bonds is 0. The molecule has 0 aliphatic heterocycles. The van der Waals surface area contributed by atoms with E-state index in [1.54, 1.807) is 0 Å². The first-order valence-corrected chi connectivity index (χ1v) is 6.18. The normalized spacial score (nSPS) is 17.7. The number of aliphatic hydroxyl groups excluding tert-OH is 1. The van der Waals surface area contributed by atoms with Crippen LogP contribution in [0.15, 0.2) is 48.5 Å². The zero-order valence-electron chi connectivity index (χ0n) is 9.30. The molecule has 2 radical (unpaired) electrons. The second-order valence-electron chi connectivity index (χ2n) is 4.22. The third-order valence-corrected chi connectivity index (χ3v) is 3.65. The van der Waals surface area contributed by atoms with E-state index in [9.17, 15) is 5.11 Å². The minimum atomic E-state index is -0.545. The Labute approximate surface area is 109 Å². The SMILES string of the molecule is OC1c2ccccc2C=[C]([Al])c2ccccc21. The van der Waals surface area contributed by atoms with E-state index in [1.807, 2.05) is 48.5 Å². The van der Waals surface area contributed by atoms with Gasteiger partial charge in [-0.3, -0.25) is 0 Å². The molecule has 2 aromatic rings. The summed E-state index contributed by atoms with van der Waals surface area (Å²) in [7, 11) is 0. The average molecular weight is 234 g/mol. The molecular weight excluding hydrogens is 223 g/mol. The van der Waals surface area contributed by atoms with Crippen LogP contribution in [-0.4, -0.2) is 21.4 Å². The van der Waals surface area contributed by atoms with Crippen molar-refractivity contribution < 1.29 is 5.11 Å². The van der Waals surface area contributed by atoms with Crippen molar-refractivity contribution in [3.05, 3.63) is 70.8 Å². The number of fused-ring (bicyclic) bond motifs is 2. The molecule has 0 saturated carbocycles. The van der Waals surface area contributed by atoms with Crippen molar-refractivity contribution in [2.45, 2.75) is 6.10 Å². The van der Waals surface area contributed by atoms with Gasteiger partial charge in [0.25, 0.3) is 0 Å². The molecule has 3 rings (SSSR count). The molecule has 1 aliphatic carbocycles. The topological polar surface area (TPSA) is 20.2 Å². The zero-order valence-corrected chi connectivity index (χ0v) is 10.5. The minimum Gasteiger partial charge on any atom is -0.384 e. The van der Waals surface area contributed by atoms with Crippen molar-refractivity contribution in [3.63, 3.8) is 0 Å². The largest absolute Gasteiger partial charge is 0.384 e. The number of hydrogen-bond donors (Lipinski definition) is 1. The van der Waals surface area contributed by atoms with Gasteiger partial charge in [-0.05, 0) is 22.3 Å². The molecule has 0 amide bonds. The van der Waals surface area contributed by atoms with E-state index in [1.165, 1.54) is 0 Å². The molecule has 1 aliphatic rings. The van der Waals surface area contributed by atoms with Gasteiger partial charge in [0.15, 0.2) is 16.3 Å². The van der Waals surface area contributed by atoms with Gasteiger partial charge < -0.3 is 5.11 Å². The quantitative estimate of drug-likeness (QED) is 0.695. The van der Waals surface area contributed by atoms with Gasteiger partial charge in [0.2, 0.25) is 0 Å². The molecule has 2 heteroatoms. The Morgan fingerprint density at radius 2 is 1.53 bits per heavy atom. The molecule has 0 saturated heterocycles. The Morgan fingerprint density at radius 1 is 0.882 bits per heavy atom. The molecule has 0 heterocycles. The van der Waals surface area contributed by atoms with Crippen molar-refractivity contribution in [2.24, 2.45) is 0 Å². The van der Waals surface area contributed by atoms with Crippen LogP contribution in [0.5, 0.6) is 0 Å². The molecule has 1 atom stereocenters. The van der Waals surface area contributed by atoms with Crippen LogP contribution in [0.2, 0.25) is 0 Å². The van der Waals surface area contributed by atoms with Crippen LogP contribution in [0.4, 0.5) is 0 Å². The lowest BCUT2D eigenvalue weighted by Gasteiger charge is -2.14. The van der Waals surface area contributed by atoms with Gasteiger partial charge in [-0.2, -0.15) is 0 Å². The summed E-state index contributed by atoms with van der Waals surface area (Å²) in [4.78, 5) is 0. The molecular formula is C15H11AlO. The van der Waals surface area contributed by atoms with Crippen LogP contribution in [0.1, 0.15) is 28.4 Å². The smallest absolute Gasteiger partial charge is 0.176 e. The Balaban J connectivity index is 2.32. The molecule has 1 N–H and O–H groups in total. The van der Waals surface area contributed by atoms with Crippen LogP contribution in [0.3, 0.4) is 0 Å². The van der Waals surface area contributed by atoms with Crippen molar-refractivity contribution >= 4 is 26.8 Å². The van der Waals surface area contributed by atoms with E-state index in [2.05, 4.69) is 22.4 Å². The summed E-state index contributed by atoms with van der Waals surface area (Å²) < 4.78 is 1.12. The Bertz CT molecular complexity index is 601. The summed E-state index contributed by atoms with van der Waals surface area (Å²) in [6, 6.07) is 16.0. The molecule has 0 bridgehead atoms. The minimum absolute atomic E-state index is 0.545. The molecule has 2 aromatic carbocycles. The first-order valence-electron chi connectivity index (χ1n) is 5.61. The second kappa shape index (κ2) is 4.16. The first kappa shape index (κ1) is 10.8. The highest BCUT2D eigenvalue weighted by Gasteiger charge is 2.19. The van der Waals surface area contributed by atoms with Gasteiger partial charge in [-0.1, -0.05) is 54.6 Å². The molecule has 1 unspecified atom stereocenters. The Hall–Kier alpha value is -1.33. The molecule has 0 spiro atoms. The Morgan fingerprint density at radius 3 is 2.35 bits per heavy atom. The van der Waals surface area contributed by atoms with Crippen LogP contribution >= 0.6 is 0 Å². The molecule has 17 heavy (non-hydrogen) atoms. The summed E-state index contributed by atoms with van der Waals surface area (Å²) in [6.45, 7) is 0. The predicted octanol–water partition coefficient (Wildman–Crippen LogP) is 2.75.